The van der Waals surface area contributed by atoms with Crippen molar-refractivity contribution in [2.45, 2.75) is 28.9 Å². The molecule has 0 fully saturated rings. The Hall–Kier alpha value is -1.42. The predicted molar refractivity (Wildman–Crippen MR) is 59.8 cm³/mol. The van der Waals surface area contributed by atoms with Crippen LogP contribution >= 0.6 is 0 Å². The molecule has 0 radical (unpaired) electrons. The van der Waals surface area contributed by atoms with Gasteiger partial charge in [0.15, 0.2) is 0 Å². The number of rotatable bonds is 2. The molecule has 0 saturated heterocycles. The molecule has 1 N–H and O–H groups in total. The van der Waals surface area contributed by atoms with Gasteiger partial charge < -0.3 is 9.84 Å². The Bertz CT molecular complexity index is 681. The summed E-state index contributed by atoms with van der Waals surface area (Å²) in [7, 11) is -4.77. The maximum atomic E-state index is 13.5. The molecule has 1 aliphatic carbocycles. The van der Waals surface area contributed by atoms with Gasteiger partial charge in [-0.1, -0.05) is 0 Å². The zero-order valence-corrected chi connectivity index (χ0v) is 11.2. The van der Waals surface area contributed by atoms with E-state index in [4.69, 9.17) is 4.74 Å². The van der Waals surface area contributed by atoms with E-state index in [0.717, 1.165) is 13.2 Å². The van der Waals surface area contributed by atoms with Crippen LogP contribution in [0.5, 0.6) is 5.75 Å². The molecule has 4 nitrogen and oxygen atoms in total. The summed E-state index contributed by atoms with van der Waals surface area (Å²) in [6.07, 6.45) is -3.75. The van der Waals surface area contributed by atoms with Crippen LogP contribution in [0.3, 0.4) is 0 Å². The third-order valence-electron chi connectivity index (χ3n) is 3.17. The van der Waals surface area contributed by atoms with E-state index < -0.39 is 49.8 Å². The lowest BCUT2D eigenvalue weighted by Gasteiger charge is -2.17. The Balaban J connectivity index is 2.78. The largest absolute Gasteiger partial charge is 0.501 e. The highest BCUT2D eigenvalue weighted by atomic mass is 32.2. The van der Waals surface area contributed by atoms with Gasteiger partial charge in [0.1, 0.15) is 11.9 Å². The average Bonchev–Trinajstić information content (AvgIpc) is 2.58. The van der Waals surface area contributed by atoms with Crippen LogP contribution in [0.15, 0.2) is 17.0 Å². The molecule has 1 aliphatic rings. The molecule has 118 valence electrons. The number of benzene rings is 1. The molecule has 0 aromatic heterocycles. The second-order valence-electron chi connectivity index (χ2n) is 4.45. The van der Waals surface area contributed by atoms with Gasteiger partial charge in [-0.2, -0.15) is 13.2 Å². The Kier molecular flexibility index (Phi) is 3.45. The van der Waals surface area contributed by atoms with Crippen LogP contribution in [0.4, 0.5) is 22.0 Å². The van der Waals surface area contributed by atoms with E-state index in [-0.39, 0.29) is 5.75 Å². The number of aliphatic hydroxyl groups excluding tert-OH is 1. The lowest BCUT2D eigenvalue weighted by Crippen LogP contribution is -2.26. The van der Waals surface area contributed by atoms with E-state index in [1.807, 2.05) is 0 Å². The highest BCUT2D eigenvalue weighted by molar-refractivity contribution is 7.92. The first-order valence-corrected chi connectivity index (χ1v) is 6.99. The van der Waals surface area contributed by atoms with Gasteiger partial charge in [0.2, 0.25) is 0 Å². The Morgan fingerprint density at radius 3 is 2.38 bits per heavy atom. The standard InChI is InChI=1S/C11H9F5O4S/c1-20-6-2-3-7(21(18,19)11(14,15)16)8-5(6)4-10(12,13)9(8)17/h2-3,9,17H,4H2,1H3/t9-/m0/s1. The topological polar surface area (TPSA) is 63.6 Å². The normalized spacial score (nSPS) is 21.2. The van der Waals surface area contributed by atoms with Crippen LogP contribution in [0.25, 0.3) is 0 Å². The van der Waals surface area contributed by atoms with Crippen molar-refractivity contribution in [3.63, 3.8) is 0 Å². The summed E-state index contributed by atoms with van der Waals surface area (Å²) >= 11 is 0. The second-order valence-corrected chi connectivity index (χ2v) is 6.36. The van der Waals surface area contributed by atoms with Crippen molar-refractivity contribution in [3.8, 4) is 5.75 Å². The molecule has 2 rings (SSSR count). The molecular formula is C11H9F5O4S. The van der Waals surface area contributed by atoms with E-state index in [0.29, 0.717) is 6.07 Å². The lowest BCUT2D eigenvalue weighted by atomic mass is 10.1. The molecule has 0 unspecified atom stereocenters. The molecule has 0 saturated carbocycles. The van der Waals surface area contributed by atoms with Gasteiger partial charge in [0, 0.05) is 17.5 Å². The quantitative estimate of drug-likeness (QED) is 0.844. The number of ether oxygens (including phenoxy) is 1. The number of methoxy groups -OCH3 is 1. The van der Waals surface area contributed by atoms with Crippen LogP contribution in [-0.2, 0) is 16.3 Å². The Morgan fingerprint density at radius 1 is 1.33 bits per heavy atom. The fourth-order valence-corrected chi connectivity index (χ4v) is 3.22. The number of alkyl halides is 5. The zero-order chi connectivity index (χ0) is 16.2. The van der Waals surface area contributed by atoms with Gasteiger partial charge in [0.25, 0.3) is 15.8 Å². The van der Waals surface area contributed by atoms with Crippen molar-refractivity contribution < 1.29 is 40.2 Å². The first kappa shape index (κ1) is 16.0. The Morgan fingerprint density at radius 2 is 1.90 bits per heavy atom. The number of aliphatic hydroxyl groups is 1. The number of halogens is 5. The third kappa shape index (κ3) is 2.26. The predicted octanol–water partition coefficient (Wildman–Crippen LogP) is 2.21. The second kappa shape index (κ2) is 4.54. The summed E-state index contributed by atoms with van der Waals surface area (Å²) in [5.74, 6) is -3.98. The highest BCUT2D eigenvalue weighted by Gasteiger charge is 2.55. The van der Waals surface area contributed by atoms with Crippen molar-refractivity contribution in [1.29, 1.82) is 0 Å². The van der Waals surface area contributed by atoms with E-state index >= 15 is 0 Å². The number of fused-ring (bicyclic) bond motifs is 1. The van der Waals surface area contributed by atoms with Crippen LogP contribution in [0.1, 0.15) is 17.2 Å². The molecule has 0 bridgehead atoms. The zero-order valence-electron chi connectivity index (χ0n) is 10.4. The van der Waals surface area contributed by atoms with Crippen molar-refractivity contribution in [1.82, 2.24) is 0 Å². The molecular weight excluding hydrogens is 323 g/mol. The summed E-state index contributed by atoms with van der Waals surface area (Å²) in [5, 5.41) is 9.50. The number of hydrogen-bond acceptors (Lipinski definition) is 4. The highest BCUT2D eigenvalue weighted by Crippen LogP contribution is 2.50. The van der Waals surface area contributed by atoms with Gasteiger partial charge in [-0.25, -0.2) is 17.2 Å². The van der Waals surface area contributed by atoms with E-state index in [1.54, 1.807) is 0 Å². The molecule has 10 heteroatoms. The first-order valence-electron chi connectivity index (χ1n) is 5.50. The van der Waals surface area contributed by atoms with Gasteiger partial charge in [0.05, 0.1) is 12.0 Å². The first-order chi connectivity index (χ1) is 9.43. The SMILES string of the molecule is COc1ccc(S(=O)(=O)C(F)(F)F)c2c1CC(F)(F)[C@H]2O. The van der Waals surface area contributed by atoms with Crippen LogP contribution in [0, 0.1) is 0 Å². The summed E-state index contributed by atoms with van der Waals surface area (Å²) in [5.41, 5.74) is -7.07. The summed E-state index contributed by atoms with van der Waals surface area (Å²) in [4.78, 5) is -1.38. The van der Waals surface area contributed by atoms with Gasteiger partial charge in [-0.3, -0.25) is 0 Å². The summed E-state index contributed by atoms with van der Waals surface area (Å²) < 4.78 is 92.5. The molecule has 1 aromatic rings. The van der Waals surface area contributed by atoms with Gasteiger partial charge in [-0.15, -0.1) is 0 Å². The Labute approximate surface area is 116 Å². The van der Waals surface area contributed by atoms with Crippen molar-refractivity contribution in [3.05, 3.63) is 23.3 Å². The monoisotopic (exact) mass is 332 g/mol. The molecule has 1 atom stereocenters. The van der Waals surface area contributed by atoms with E-state index in [1.165, 1.54) is 0 Å². The summed E-state index contributed by atoms with van der Waals surface area (Å²) in [6.45, 7) is 0. The van der Waals surface area contributed by atoms with Crippen molar-refractivity contribution in [2.75, 3.05) is 7.11 Å². The number of hydrogen-bond donors (Lipinski definition) is 1. The molecule has 0 amide bonds. The number of sulfone groups is 1. The lowest BCUT2D eigenvalue weighted by molar-refractivity contribution is -0.0978. The van der Waals surface area contributed by atoms with Gasteiger partial charge >= 0.3 is 5.51 Å². The third-order valence-corrected chi connectivity index (χ3v) is 4.72. The van der Waals surface area contributed by atoms with E-state index in [2.05, 4.69) is 0 Å². The summed E-state index contributed by atoms with van der Waals surface area (Å²) in [6, 6.07) is 1.36. The van der Waals surface area contributed by atoms with Crippen LogP contribution < -0.4 is 4.74 Å². The fraction of sp³-hybridized carbons (Fsp3) is 0.455. The molecule has 21 heavy (non-hydrogen) atoms. The van der Waals surface area contributed by atoms with Crippen molar-refractivity contribution >= 4 is 9.84 Å². The maximum absolute atomic E-state index is 13.5. The minimum absolute atomic E-state index is 0.206. The molecule has 0 heterocycles. The molecule has 0 spiro atoms. The van der Waals surface area contributed by atoms with Gasteiger partial charge in [-0.05, 0) is 12.1 Å². The minimum atomic E-state index is -5.86. The smallest absolute Gasteiger partial charge is 0.496 e. The minimum Gasteiger partial charge on any atom is -0.496 e. The van der Waals surface area contributed by atoms with E-state index in [9.17, 15) is 35.5 Å². The average molecular weight is 332 g/mol. The maximum Gasteiger partial charge on any atom is 0.501 e. The fourth-order valence-electron chi connectivity index (χ4n) is 2.20. The molecule has 1 aromatic carbocycles. The molecule has 0 aliphatic heterocycles. The van der Waals surface area contributed by atoms with Crippen molar-refractivity contribution in [2.24, 2.45) is 0 Å². The van der Waals surface area contributed by atoms with Crippen LogP contribution in [-0.4, -0.2) is 32.1 Å². The van der Waals surface area contributed by atoms with Crippen LogP contribution in [0.2, 0.25) is 0 Å².